The molecule has 1 N–H and O–H groups in total. The standard InChI is InChI=1S/C15H27NO2.C14H20ClN.C5H9NO/c1-6-15(5)9-7-12(8-10-15)16-13(18)14(3,4)11(2)17;1-14(2,3)16-9-8-12(10-16)11-4-6-13(15)7-5-11;7-5-6-3-1-2-4-6/h12H,6-10H2,1-5H3,(H,16,18);4-7,12H,8-10H2,1-3H3;5H,1-4H2. The van der Waals surface area contributed by atoms with Gasteiger partial charge in [-0.2, -0.15) is 0 Å². The Morgan fingerprint density at radius 3 is 1.98 bits per heavy atom. The lowest BCUT2D eigenvalue weighted by atomic mass is 9.72. The molecule has 1 aromatic carbocycles. The number of nitrogens with zero attached hydrogens (tertiary/aromatic N) is 2. The lowest BCUT2D eigenvalue weighted by molar-refractivity contribution is -0.139. The molecule has 2 aliphatic heterocycles. The fourth-order valence-electron chi connectivity index (χ4n) is 5.56. The Kier molecular flexibility index (Phi) is 13.4. The SMILES string of the molecule is CC(C)(C)N1CCC(c2ccc(Cl)cc2)C1.CCC1(C)CCC(NC(=O)C(C)(C)C(C)=O)CC1.O=CN1CCCC1. The van der Waals surface area contributed by atoms with Gasteiger partial charge in [-0.05, 0) is 122 Å². The van der Waals surface area contributed by atoms with Crippen molar-refractivity contribution in [2.75, 3.05) is 26.2 Å². The molecule has 2 amide bonds. The van der Waals surface area contributed by atoms with E-state index in [1.807, 2.05) is 12.1 Å². The summed E-state index contributed by atoms with van der Waals surface area (Å²) in [7, 11) is 0. The summed E-state index contributed by atoms with van der Waals surface area (Å²) in [6.45, 7) is 20.6. The molecule has 6 nitrogen and oxygen atoms in total. The highest BCUT2D eigenvalue weighted by atomic mass is 35.5. The Balaban J connectivity index is 0.000000234. The van der Waals surface area contributed by atoms with Crippen molar-refractivity contribution in [2.45, 2.75) is 124 Å². The van der Waals surface area contributed by atoms with Crippen LogP contribution < -0.4 is 5.32 Å². The first kappa shape index (κ1) is 35.3. The van der Waals surface area contributed by atoms with Crippen molar-refractivity contribution in [3.63, 3.8) is 0 Å². The maximum absolute atomic E-state index is 12.1. The van der Waals surface area contributed by atoms with Gasteiger partial charge in [-0.15, -0.1) is 0 Å². The van der Waals surface area contributed by atoms with Crippen molar-refractivity contribution < 1.29 is 14.4 Å². The van der Waals surface area contributed by atoms with Crippen LogP contribution in [-0.4, -0.2) is 65.7 Å². The predicted molar refractivity (Wildman–Crippen MR) is 170 cm³/mol. The summed E-state index contributed by atoms with van der Waals surface area (Å²) in [5.41, 5.74) is 1.26. The Bertz CT molecular complexity index is 972. The van der Waals surface area contributed by atoms with E-state index in [0.717, 1.165) is 50.2 Å². The Hall–Kier alpha value is -1.92. The van der Waals surface area contributed by atoms with Gasteiger partial charge in [-0.1, -0.05) is 44.0 Å². The van der Waals surface area contributed by atoms with Crippen molar-refractivity contribution in [1.29, 1.82) is 0 Å². The first-order valence-electron chi connectivity index (χ1n) is 15.6. The van der Waals surface area contributed by atoms with Crippen LogP contribution in [0, 0.1) is 10.8 Å². The summed E-state index contributed by atoms with van der Waals surface area (Å²) in [4.78, 5) is 37.8. The lowest BCUT2D eigenvalue weighted by Crippen LogP contribution is -2.47. The van der Waals surface area contributed by atoms with Gasteiger partial charge >= 0.3 is 0 Å². The average molecular weight is 590 g/mol. The number of halogens is 1. The van der Waals surface area contributed by atoms with Gasteiger partial charge in [0.25, 0.3) is 0 Å². The van der Waals surface area contributed by atoms with E-state index in [-0.39, 0.29) is 17.7 Å². The highest BCUT2D eigenvalue weighted by Gasteiger charge is 2.36. The average Bonchev–Trinajstić information content (AvgIpc) is 3.64. The quantitative estimate of drug-likeness (QED) is 0.280. The van der Waals surface area contributed by atoms with Gasteiger partial charge in [-0.3, -0.25) is 19.3 Å². The second kappa shape index (κ2) is 15.5. The molecule has 1 atom stereocenters. The van der Waals surface area contributed by atoms with E-state index in [1.165, 1.54) is 51.3 Å². The number of carbonyl (C=O) groups is 3. The molecule has 0 spiro atoms. The Morgan fingerprint density at radius 2 is 1.56 bits per heavy atom. The lowest BCUT2D eigenvalue weighted by Gasteiger charge is -2.37. The zero-order valence-corrected chi connectivity index (χ0v) is 27.8. The van der Waals surface area contributed by atoms with Crippen LogP contribution in [0.4, 0.5) is 0 Å². The molecule has 1 unspecified atom stereocenters. The maximum atomic E-state index is 12.1. The van der Waals surface area contributed by atoms with Crippen LogP contribution in [0.1, 0.15) is 118 Å². The molecule has 41 heavy (non-hydrogen) atoms. The van der Waals surface area contributed by atoms with Crippen LogP contribution in [-0.2, 0) is 14.4 Å². The van der Waals surface area contributed by atoms with E-state index in [0.29, 0.717) is 16.9 Å². The summed E-state index contributed by atoms with van der Waals surface area (Å²) >= 11 is 5.91. The number of rotatable bonds is 6. The van der Waals surface area contributed by atoms with Crippen molar-refractivity contribution in [1.82, 2.24) is 15.1 Å². The minimum Gasteiger partial charge on any atom is -0.353 e. The van der Waals surface area contributed by atoms with Crippen LogP contribution in [0.2, 0.25) is 5.02 Å². The van der Waals surface area contributed by atoms with E-state index < -0.39 is 5.41 Å². The maximum Gasteiger partial charge on any atom is 0.233 e. The molecule has 2 saturated heterocycles. The number of carbonyl (C=O) groups excluding carboxylic acids is 3. The largest absolute Gasteiger partial charge is 0.353 e. The number of amides is 2. The molecule has 7 heteroatoms. The number of nitrogens with one attached hydrogen (secondary N) is 1. The molecule has 0 aromatic heterocycles. The molecule has 1 aromatic rings. The first-order valence-corrected chi connectivity index (χ1v) is 16.0. The van der Waals surface area contributed by atoms with Crippen molar-refractivity contribution in [3.05, 3.63) is 34.9 Å². The molecular weight excluding hydrogens is 534 g/mol. The highest BCUT2D eigenvalue weighted by Crippen LogP contribution is 2.38. The Labute approximate surface area is 255 Å². The zero-order chi connectivity index (χ0) is 30.8. The zero-order valence-electron chi connectivity index (χ0n) is 27.0. The van der Waals surface area contributed by atoms with E-state index >= 15 is 0 Å². The third-order valence-corrected chi connectivity index (χ3v) is 9.85. The summed E-state index contributed by atoms with van der Waals surface area (Å²) in [6.07, 6.45) is 10.2. The molecule has 232 valence electrons. The van der Waals surface area contributed by atoms with Crippen molar-refractivity contribution >= 4 is 29.7 Å². The smallest absolute Gasteiger partial charge is 0.233 e. The Morgan fingerprint density at radius 1 is 1.00 bits per heavy atom. The second-order valence-electron chi connectivity index (χ2n) is 14.1. The van der Waals surface area contributed by atoms with Gasteiger partial charge < -0.3 is 10.2 Å². The normalized spacial score (nSPS) is 25.0. The molecule has 1 saturated carbocycles. The summed E-state index contributed by atoms with van der Waals surface area (Å²) in [5, 5.41) is 3.87. The second-order valence-corrected chi connectivity index (χ2v) is 14.5. The molecular formula is C34H56ClN3O3. The molecule has 2 heterocycles. The number of hydrogen-bond donors (Lipinski definition) is 1. The predicted octanol–water partition coefficient (Wildman–Crippen LogP) is 7.24. The molecule has 3 aliphatic rings. The molecule has 1 aliphatic carbocycles. The minimum absolute atomic E-state index is 0.0748. The summed E-state index contributed by atoms with van der Waals surface area (Å²) in [6, 6.07) is 8.57. The van der Waals surface area contributed by atoms with Crippen LogP contribution >= 0.6 is 11.6 Å². The van der Waals surface area contributed by atoms with E-state index in [2.05, 4.69) is 57.0 Å². The molecule has 0 bridgehead atoms. The number of Topliss-reactive ketones (excluding diaryl/α,β-unsaturated/α-hetero) is 1. The van der Waals surface area contributed by atoms with Crippen LogP contribution in [0.25, 0.3) is 0 Å². The summed E-state index contributed by atoms with van der Waals surface area (Å²) < 4.78 is 0. The fraction of sp³-hybridized carbons (Fsp3) is 0.735. The number of likely N-dealkylation sites (tertiary alicyclic amines) is 2. The third-order valence-electron chi connectivity index (χ3n) is 9.60. The van der Waals surface area contributed by atoms with Crippen LogP contribution in [0.15, 0.2) is 24.3 Å². The van der Waals surface area contributed by atoms with Gasteiger partial charge in [0.1, 0.15) is 11.2 Å². The van der Waals surface area contributed by atoms with Crippen molar-refractivity contribution in [3.8, 4) is 0 Å². The number of benzene rings is 1. The van der Waals surface area contributed by atoms with Crippen LogP contribution in [0.3, 0.4) is 0 Å². The molecule has 3 fully saturated rings. The van der Waals surface area contributed by atoms with E-state index in [4.69, 9.17) is 11.6 Å². The van der Waals surface area contributed by atoms with Crippen LogP contribution in [0.5, 0.6) is 0 Å². The third kappa shape index (κ3) is 11.0. The van der Waals surface area contributed by atoms with Gasteiger partial charge in [0.05, 0.1) is 0 Å². The van der Waals surface area contributed by atoms with Gasteiger partial charge in [0, 0.05) is 36.2 Å². The van der Waals surface area contributed by atoms with E-state index in [9.17, 15) is 14.4 Å². The van der Waals surface area contributed by atoms with Gasteiger partial charge in [0.2, 0.25) is 12.3 Å². The fourth-order valence-corrected chi connectivity index (χ4v) is 5.69. The minimum atomic E-state index is -0.897. The molecule has 0 radical (unpaired) electrons. The number of hydrogen-bond acceptors (Lipinski definition) is 4. The van der Waals surface area contributed by atoms with E-state index in [1.54, 1.807) is 18.7 Å². The van der Waals surface area contributed by atoms with Crippen molar-refractivity contribution in [2.24, 2.45) is 10.8 Å². The first-order chi connectivity index (χ1) is 19.1. The van der Waals surface area contributed by atoms with Gasteiger partial charge in [0.15, 0.2) is 0 Å². The topological polar surface area (TPSA) is 69.7 Å². The van der Waals surface area contributed by atoms with Gasteiger partial charge in [-0.25, -0.2) is 0 Å². The number of ketones is 1. The highest BCUT2D eigenvalue weighted by molar-refractivity contribution is 6.30. The summed E-state index contributed by atoms with van der Waals surface area (Å²) in [5.74, 6) is 0.478. The monoisotopic (exact) mass is 589 g/mol. The molecule has 4 rings (SSSR count).